The smallest absolute Gasteiger partial charge is 0.146 e. The maximum Gasteiger partial charge on any atom is 0.146 e. The van der Waals surface area contributed by atoms with E-state index in [1.807, 2.05) is 0 Å². The first-order valence-corrected chi connectivity index (χ1v) is 5.28. The molecule has 1 saturated heterocycles. The maximum absolute atomic E-state index is 12.9. The molecule has 1 aliphatic rings. The van der Waals surface area contributed by atoms with Crippen LogP contribution in [0.4, 0.5) is 15.8 Å². The molecule has 1 aromatic rings. The summed E-state index contributed by atoms with van der Waals surface area (Å²) in [5, 5.41) is 6.66. The van der Waals surface area contributed by atoms with Crippen LogP contribution >= 0.6 is 0 Å². The highest BCUT2D eigenvalue weighted by Crippen LogP contribution is 2.18. The summed E-state index contributed by atoms with van der Waals surface area (Å²) in [7, 11) is 0. The first kappa shape index (κ1) is 10.2. The number of benzene rings is 1. The first-order valence-electron chi connectivity index (χ1n) is 5.28. The van der Waals surface area contributed by atoms with Crippen molar-refractivity contribution in [3.8, 4) is 0 Å². The topological polar surface area (TPSA) is 50.1 Å². The second-order valence-corrected chi connectivity index (χ2v) is 3.90. The summed E-state index contributed by atoms with van der Waals surface area (Å²) in [4.78, 5) is 0. The van der Waals surface area contributed by atoms with Gasteiger partial charge in [0.15, 0.2) is 0 Å². The van der Waals surface area contributed by atoms with Gasteiger partial charge in [-0.2, -0.15) is 0 Å². The SMILES string of the molecule is Nc1cc(NC2CCNCC2)ccc1F. The molecule has 3 nitrogen and oxygen atoms in total. The highest BCUT2D eigenvalue weighted by Gasteiger charge is 2.12. The Kier molecular flexibility index (Phi) is 3.06. The Bertz CT molecular complexity index is 335. The molecule has 82 valence electrons. The summed E-state index contributed by atoms with van der Waals surface area (Å²) in [5.74, 6) is -0.356. The number of nitrogens with two attached hydrogens (primary N) is 1. The van der Waals surface area contributed by atoms with Crippen molar-refractivity contribution in [2.45, 2.75) is 18.9 Å². The van der Waals surface area contributed by atoms with Crippen LogP contribution in [-0.2, 0) is 0 Å². The highest BCUT2D eigenvalue weighted by molar-refractivity contribution is 5.55. The molecular weight excluding hydrogens is 193 g/mol. The molecule has 2 rings (SSSR count). The molecule has 0 aliphatic carbocycles. The van der Waals surface area contributed by atoms with Gasteiger partial charge in [0.05, 0.1) is 5.69 Å². The van der Waals surface area contributed by atoms with Gasteiger partial charge in [0.25, 0.3) is 0 Å². The maximum atomic E-state index is 12.9. The molecule has 4 heteroatoms. The molecule has 0 radical (unpaired) electrons. The molecular formula is C11H16FN3. The van der Waals surface area contributed by atoms with Crippen LogP contribution in [0.25, 0.3) is 0 Å². The first-order chi connectivity index (χ1) is 7.25. The minimum absolute atomic E-state index is 0.203. The largest absolute Gasteiger partial charge is 0.396 e. The van der Waals surface area contributed by atoms with Gasteiger partial charge in [-0.1, -0.05) is 0 Å². The number of hydrogen-bond donors (Lipinski definition) is 3. The van der Waals surface area contributed by atoms with Gasteiger partial charge in [-0.25, -0.2) is 4.39 Å². The van der Waals surface area contributed by atoms with Crippen LogP contribution in [0, 0.1) is 5.82 Å². The Morgan fingerprint density at radius 3 is 2.73 bits per heavy atom. The Morgan fingerprint density at radius 1 is 1.33 bits per heavy atom. The minimum atomic E-state index is -0.356. The zero-order chi connectivity index (χ0) is 10.7. The van der Waals surface area contributed by atoms with E-state index in [9.17, 15) is 4.39 Å². The van der Waals surface area contributed by atoms with Crippen molar-refractivity contribution in [1.29, 1.82) is 0 Å². The Morgan fingerprint density at radius 2 is 2.07 bits per heavy atom. The van der Waals surface area contributed by atoms with Crippen molar-refractivity contribution < 1.29 is 4.39 Å². The minimum Gasteiger partial charge on any atom is -0.396 e. The van der Waals surface area contributed by atoms with Crippen LogP contribution < -0.4 is 16.4 Å². The van der Waals surface area contributed by atoms with Gasteiger partial charge >= 0.3 is 0 Å². The molecule has 0 atom stereocenters. The van der Waals surface area contributed by atoms with Crippen LogP contribution in [0.5, 0.6) is 0 Å². The summed E-state index contributed by atoms with van der Waals surface area (Å²) in [6.45, 7) is 2.07. The fourth-order valence-corrected chi connectivity index (χ4v) is 1.84. The molecule has 1 aromatic carbocycles. The van der Waals surface area contributed by atoms with Crippen LogP contribution in [0.15, 0.2) is 18.2 Å². The van der Waals surface area contributed by atoms with E-state index in [1.54, 1.807) is 12.1 Å². The fraction of sp³-hybridized carbons (Fsp3) is 0.455. The van der Waals surface area contributed by atoms with E-state index in [4.69, 9.17) is 5.73 Å². The van der Waals surface area contributed by atoms with Crippen molar-refractivity contribution in [2.24, 2.45) is 0 Å². The van der Waals surface area contributed by atoms with Gasteiger partial charge in [0.1, 0.15) is 5.82 Å². The molecule has 0 bridgehead atoms. The number of anilines is 2. The lowest BCUT2D eigenvalue weighted by Gasteiger charge is -2.24. The van der Waals surface area contributed by atoms with Gasteiger partial charge in [0.2, 0.25) is 0 Å². The molecule has 0 aromatic heterocycles. The second-order valence-electron chi connectivity index (χ2n) is 3.90. The number of hydrogen-bond acceptors (Lipinski definition) is 3. The Labute approximate surface area is 88.9 Å². The molecule has 0 amide bonds. The number of rotatable bonds is 2. The third kappa shape index (κ3) is 2.59. The lowest BCUT2D eigenvalue weighted by atomic mass is 10.1. The summed E-state index contributed by atoms with van der Waals surface area (Å²) in [5.41, 5.74) is 6.60. The van der Waals surface area contributed by atoms with Crippen molar-refractivity contribution >= 4 is 11.4 Å². The summed E-state index contributed by atoms with van der Waals surface area (Å²) in [6, 6.07) is 5.25. The number of halogens is 1. The number of nitrogens with one attached hydrogen (secondary N) is 2. The zero-order valence-corrected chi connectivity index (χ0v) is 8.59. The molecule has 1 fully saturated rings. The standard InChI is InChI=1S/C11H16FN3/c12-10-2-1-9(7-11(10)13)15-8-3-5-14-6-4-8/h1-2,7-8,14-15H,3-6,13H2. The molecule has 0 unspecified atom stereocenters. The van der Waals surface area contributed by atoms with E-state index in [2.05, 4.69) is 10.6 Å². The van der Waals surface area contributed by atoms with E-state index in [0.717, 1.165) is 31.6 Å². The van der Waals surface area contributed by atoms with Crippen molar-refractivity contribution in [2.75, 3.05) is 24.1 Å². The Balaban J connectivity index is 2.00. The lowest BCUT2D eigenvalue weighted by Crippen LogP contribution is -2.35. The molecule has 1 aliphatic heterocycles. The molecule has 4 N–H and O–H groups in total. The average molecular weight is 209 g/mol. The van der Waals surface area contributed by atoms with Gasteiger partial charge < -0.3 is 16.4 Å². The van der Waals surface area contributed by atoms with Crippen LogP contribution in [0.3, 0.4) is 0 Å². The van der Waals surface area contributed by atoms with E-state index >= 15 is 0 Å². The molecule has 15 heavy (non-hydrogen) atoms. The highest BCUT2D eigenvalue weighted by atomic mass is 19.1. The predicted molar refractivity (Wildman–Crippen MR) is 60.3 cm³/mol. The summed E-state index contributed by atoms with van der Waals surface area (Å²) < 4.78 is 12.9. The van der Waals surface area contributed by atoms with Gasteiger partial charge in [-0.15, -0.1) is 0 Å². The summed E-state index contributed by atoms with van der Waals surface area (Å²) in [6.07, 6.45) is 2.19. The average Bonchev–Trinajstić information content (AvgIpc) is 2.25. The number of piperidine rings is 1. The fourth-order valence-electron chi connectivity index (χ4n) is 1.84. The van der Waals surface area contributed by atoms with Gasteiger partial charge in [-0.3, -0.25) is 0 Å². The molecule has 0 spiro atoms. The molecule has 0 saturated carbocycles. The zero-order valence-electron chi connectivity index (χ0n) is 8.59. The predicted octanol–water partition coefficient (Wildman–Crippen LogP) is 1.57. The van der Waals surface area contributed by atoms with E-state index in [0.29, 0.717) is 6.04 Å². The number of nitrogen functional groups attached to an aromatic ring is 1. The van der Waals surface area contributed by atoms with E-state index < -0.39 is 0 Å². The quantitative estimate of drug-likeness (QED) is 0.648. The van der Waals surface area contributed by atoms with Crippen molar-refractivity contribution in [3.05, 3.63) is 24.0 Å². The van der Waals surface area contributed by atoms with Crippen molar-refractivity contribution in [1.82, 2.24) is 5.32 Å². The lowest BCUT2D eigenvalue weighted by molar-refractivity contribution is 0.479. The van der Waals surface area contributed by atoms with Crippen LogP contribution in [-0.4, -0.2) is 19.1 Å². The van der Waals surface area contributed by atoms with Gasteiger partial charge in [-0.05, 0) is 44.1 Å². The Hall–Kier alpha value is -1.29. The van der Waals surface area contributed by atoms with Crippen molar-refractivity contribution in [3.63, 3.8) is 0 Å². The second kappa shape index (κ2) is 4.49. The van der Waals surface area contributed by atoms with Gasteiger partial charge in [0, 0.05) is 11.7 Å². The summed E-state index contributed by atoms with van der Waals surface area (Å²) >= 11 is 0. The van der Waals surface area contributed by atoms with E-state index in [1.165, 1.54) is 6.07 Å². The monoisotopic (exact) mass is 209 g/mol. The third-order valence-electron chi connectivity index (χ3n) is 2.71. The van der Waals surface area contributed by atoms with Crippen LogP contribution in [0.2, 0.25) is 0 Å². The third-order valence-corrected chi connectivity index (χ3v) is 2.71. The normalized spacial score (nSPS) is 17.7. The van der Waals surface area contributed by atoms with E-state index in [-0.39, 0.29) is 11.5 Å². The van der Waals surface area contributed by atoms with Crippen LogP contribution in [0.1, 0.15) is 12.8 Å². The molecule has 1 heterocycles.